The molecule has 3 nitrogen and oxygen atoms in total. The molecule has 98 valence electrons. The second-order valence-corrected chi connectivity index (χ2v) is 5.44. The van der Waals surface area contributed by atoms with Crippen molar-refractivity contribution in [1.29, 1.82) is 5.41 Å². The number of benzene rings is 1. The second kappa shape index (κ2) is 6.59. The minimum Gasteiger partial charge on any atom is -0.387 e. The third-order valence-electron chi connectivity index (χ3n) is 2.69. The summed E-state index contributed by atoms with van der Waals surface area (Å²) in [6.07, 6.45) is 1.71. The summed E-state index contributed by atoms with van der Waals surface area (Å²) in [6.45, 7) is 0. The van der Waals surface area contributed by atoms with E-state index >= 15 is 0 Å². The van der Waals surface area contributed by atoms with Crippen LogP contribution in [0.1, 0.15) is 11.5 Å². The van der Waals surface area contributed by atoms with Gasteiger partial charge in [0.1, 0.15) is 5.03 Å². The predicted molar refractivity (Wildman–Crippen MR) is 81.1 cm³/mol. The molecule has 19 heavy (non-hydrogen) atoms. The molecule has 0 spiro atoms. The summed E-state index contributed by atoms with van der Waals surface area (Å²) in [7, 11) is 0. The molecule has 0 aliphatic rings. The molecule has 2 aromatic rings. The standard InChI is InChI=1S/C14H14ClN3S/c15-12-7-4-8-18-14(12)19-9-11(13(16)17)10-5-2-1-3-6-10/h1-8,11H,9H2,(H3,16,17). The number of nitrogens with zero attached hydrogens (tertiary/aromatic N) is 1. The van der Waals surface area contributed by atoms with Crippen molar-refractivity contribution in [2.75, 3.05) is 5.75 Å². The molecule has 0 fully saturated rings. The minimum atomic E-state index is -0.121. The van der Waals surface area contributed by atoms with Gasteiger partial charge < -0.3 is 5.73 Å². The first-order valence-corrected chi connectivity index (χ1v) is 7.17. The summed E-state index contributed by atoms with van der Waals surface area (Å²) >= 11 is 7.58. The molecule has 1 aromatic carbocycles. The van der Waals surface area contributed by atoms with Crippen LogP contribution >= 0.6 is 23.4 Å². The van der Waals surface area contributed by atoms with E-state index in [1.807, 2.05) is 36.4 Å². The number of rotatable bonds is 5. The van der Waals surface area contributed by atoms with Crippen LogP contribution in [0.3, 0.4) is 0 Å². The van der Waals surface area contributed by atoms with E-state index in [1.165, 1.54) is 11.8 Å². The lowest BCUT2D eigenvalue weighted by molar-refractivity contribution is 1.000. The Balaban J connectivity index is 2.11. The number of hydrogen-bond acceptors (Lipinski definition) is 3. The molecule has 0 aliphatic heterocycles. The Morgan fingerprint density at radius 1 is 1.26 bits per heavy atom. The molecule has 0 amide bonds. The SMILES string of the molecule is N=C(N)C(CSc1ncccc1Cl)c1ccccc1. The quantitative estimate of drug-likeness (QED) is 0.503. The number of pyridine rings is 1. The van der Waals surface area contributed by atoms with Gasteiger partial charge in [-0.25, -0.2) is 4.98 Å². The zero-order valence-electron chi connectivity index (χ0n) is 10.2. The first-order valence-electron chi connectivity index (χ1n) is 5.80. The molecule has 0 bridgehead atoms. The molecule has 5 heteroatoms. The van der Waals surface area contributed by atoms with Crippen LogP contribution in [0.4, 0.5) is 0 Å². The highest BCUT2D eigenvalue weighted by Gasteiger charge is 2.16. The average Bonchev–Trinajstić information content (AvgIpc) is 2.42. The lowest BCUT2D eigenvalue weighted by Crippen LogP contribution is -2.22. The summed E-state index contributed by atoms with van der Waals surface area (Å²) < 4.78 is 0. The van der Waals surface area contributed by atoms with Gasteiger partial charge in [0.05, 0.1) is 16.8 Å². The summed E-state index contributed by atoms with van der Waals surface area (Å²) in [4.78, 5) is 4.22. The van der Waals surface area contributed by atoms with E-state index in [0.717, 1.165) is 10.6 Å². The summed E-state index contributed by atoms with van der Waals surface area (Å²) in [5.74, 6) is 0.686. The summed E-state index contributed by atoms with van der Waals surface area (Å²) in [5, 5.41) is 9.12. The van der Waals surface area contributed by atoms with Crippen molar-refractivity contribution >= 4 is 29.2 Å². The first-order chi connectivity index (χ1) is 9.18. The topological polar surface area (TPSA) is 62.8 Å². The zero-order chi connectivity index (χ0) is 13.7. The Labute approximate surface area is 121 Å². The number of aromatic nitrogens is 1. The van der Waals surface area contributed by atoms with Crippen LogP contribution in [-0.2, 0) is 0 Å². The maximum Gasteiger partial charge on any atom is 0.115 e. The van der Waals surface area contributed by atoms with Crippen LogP contribution in [0.15, 0.2) is 53.7 Å². The molecule has 0 aliphatic carbocycles. The number of nitrogens with two attached hydrogens (primary N) is 1. The van der Waals surface area contributed by atoms with Gasteiger partial charge in [0, 0.05) is 11.9 Å². The van der Waals surface area contributed by atoms with Crippen molar-refractivity contribution in [3.63, 3.8) is 0 Å². The number of hydrogen-bond donors (Lipinski definition) is 2. The van der Waals surface area contributed by atoms with Crippen molar-refractivity contribution in [2.24, 2.45) is 5.73 Å². The van der Waals surface area contributed by atoms with E-state index in [1.54, 1.807) is 12.3 Å². The fourth-order valence-electron chi connectivity index (χ4n) is 1.69. The van der Waals surface area contributed by atoms with Crippen LogP contribution in [0.2, 0.25) is 5.02 Å². The minimum absolute atomic E-state index is 0.121. The molecule has 1 atom stereocenters. The van der Waals surface area contributed by atoms with Gasteiger partial charge in [-0.15, -0.1) is 11.8 Å². The molecule has 1 aromatic heterocycles. The molecule has 1 unspecified atom stereocenters. The van der Waals surface area contributed by atoms with E-state index < -0.39 is 0 Å². The van der Waals surface area contributed by atoms with Crippen LogP contribution in [0.5, 0.6) is 0 Å². The lowest BCUT2D eigenvalue weighted by Gasteiger charge is -2.15. The zero-order valence-corrected chi connectivity index (χ0v) is 11.8. The van der Waals surface area contributed by atoms with Gasteiger partial charge in [-0.05, 0) is 17.7 Å². The summed E-state index contributed by atoms with van der Waals surface area (Å²) in [5.41, 5.74) is 6.72. The second-order valence-electron chi connectivity index (χ2n) is 4.02. The maximum absolute atomic E-state index is 7.72. The van der Waals surface area contributed by atoms with Crippen molar-refractivity contribution in [1.82, 2.24) is 4.98 Å². The molecule has 1 heterocycles. The van der Waals surface area contributed by atoms with Crippen LogP contribution in [-0.4, -0.2) is 16.6 Å². The normalized spacial score (nSPS) is 12.1. The highest BCUT2D eigenvalue weighted by Crippen LogP contribution is 2.29. The average molecular weight is 292 g/mol. The number of halogens is 1. The van der Waals surface area contributed by atoms with Gasteiger partial charge in [0.25, 0.3) is 0 Å². The molecular weight excluding hydrogens is 278 g/mol. The van der Waals surface area contributed by atoms with Gasteiger partial charge in [-0.2, -0.15) is 0 Å². The molecule has 0 saturated carbocycles. The van der Waals surface area contributed by atoms with Gasteiger partial charge in [-0.3, -0.25) is 5.41 Å². The van der Waals surface area contributed by atoms with Gasteiger partial charge in [0.2, 0.25) is 0 Å². The van der Waals surface area contributed by atoms with E-state index in [0.29, 0.717) is 10.8 Å². The van der Waals surface area contributed by atoms with Gasteiger partial charge in [0.15, 0.2) is 0 Å². The third kappa shape index (κ3) is 3.72. The van der Waals surface area contributed by atoms with E-state index in [4.69, 9.17) is 22.7 Å². The van der Waals surface area contributed by atoms with Crippen molar-refractivity contribution < 1.29 is 0 Å². The summed E-state index contributed by atoms with van der Waals surface area (Å²) in [6, 6.07) is 13.4. The molecule has 0 radical (unpaired) electrons. The Bertz CT molecular complexity index is 560. The lowest BCUT2D eigenvalue weighted by atomic mass is 10.0. The van der Waals surface area contributed by atoms with Crippen molar-refractivity contribution in [3.05, 3.63) is 59.2 Å². The maximum atomic E-state index is 7.72. The number of amidine groups is 1. The number of nitrogens with one attached hydrogen (secondary N) is 1. The molecule has 0 saturated heterocycles. The van der Waals surface area contributed by atoms with Crippen LogP contribution in [0, 0.1) is 5.41 Å². The van der Waals surface area contributed by atoms with Crippen molar-refractivity contribution in [2.45, 2.75) is 10.9 Å². The number of thioether (sulfide) groups is 1. The van der Waals surface area contributed by atoms with Crippen LogP contribution in [0.25, 0.3) is 0 Å². The smallest absolute Gasteiger partial charge is 0.115 e. The van der Waals surface area contributed by atoms with E-state index in [-0.39, 0.29) is 11.8 Å². The van der Waals surface area contributed by atoms with Gasteiger partial charge in [-0.1, -0.05) is 41.9 Å². The molecule has 2 rings (SSSR count). The highest BCUT2D eigenvalue weighted by atomic mass is 35.5. The molecule has 3 N–H and O–H groups in total. The first kappa shape index (κ1) is 13.9. The largest absolute Gasteiger partial charge is 0.387 e. The third-order valence-corrected chi connectivity index (χ3v) is 4.20. The Hall–Kier alpha value is -1.52. The highest BCUT2D eigenvalue weighted by molar-refractivity contribution is 7.99. The van der Waals surface area contributed by atoms with E-state index in [2.05, 4.69) is 4.98 Å². The monoisotopic (exact) mass is 291 g/mol. The Morgan fingerprint density at radius 3 is 2.63 bits per heavy atom. The fraction of sp³-hybridized carbons (Fsp3) is 0.143. The Morgan fingerprint density at radius 2 is 2.00 bits per heavy atom. The fourth-order valence-corrected chi connectivity index (χ4v) is 3.01. The Kier molecular flexibility index (Phi) is 4.82. The molecular formula is C14H14ClN3S. The van der Waals surface area contributed by atoms with Crippen molar-refractivity contribution in [3.8, 4) is 0 Å². The predicted octanol–water partition coefficient (Wildman–Crippen LogP) is 3.55. The van der Waals surface area contributed by atoms with Gasteiger partial charge >= 0.3 is 0 Å². The van der Waals surface area contributed by atoms with E-state index in [9.17, 15) is 0 Å². The van der Waals surface area contributed by atoms with Crippen LogP contribution < -0.4 is 5.73 Å².